The predicted molar refractivity (Wildman–Crippen MR) is 59.6 cm³/mol. The summed E-state index contributed by atoms with van der Waals surface area (Å²) >= 11 is 0. The lowest BCUT2D eigenvalue weighted by Crippen LogP contribution is -2.09. The highest BCUT2D eigenvalue weighted by Crippen LogP contribution is 2.57. The van der Waals surface area contributed by atoms with Crippen molar-refractivity contribution in [2.24, 2.45) is 0 Å². The smallest absolute Gasteiger partial charge is 0.124 e. The number of nitrogens with one attached hydrogen (secondary N) is 1. The fourth-order valence-corrected chi connectivity index (χ4v) is 2.33. The molecule has 0 bridgehead atoms. The molecule has 1 N–H and O–H groups in total. The molecule has 2 aliphatic rings. The second kappa shape index (κ2) is 3.06. The van der Waals surface area contributed by atoms with Gasteiger partial charge in [0.1, 0.15) is 5.75 Å². The molecular formula is C11H14ClNO. The molecule has 1 heterocycles. The number of halogens is 1. The summed E-state index contributed by atoms with van der Waals surface area (Å²) < 4.78 is 5.39. The SMILES string of the molecule is COc1cccc2c1C1(CC1)CN2.Cl. The van der Waals surface area contributed by atoms with Crippen LogP contribution in [0, 0.1) is 0 Å². The summed E-state index contributed by atoms with van der Waals surface area (Å²) in [6.45, 7) is 1.10. The van der Waals surface area contributed by atoms with Gasteiger partial charge in [0.15, 0.2) is 0 Å². The minimum atomic E-state index is 0. The van der Waals surface area contributed by atoms with Crippen LogP contribution < -0.4 is 10.1 Å². The van der Waals surface area contributed by atoms with Crippen LogP contribution in [0.4, 0.5) is 5.69 Å². The average Bonchev–Trinajstić information content (AvgIpc) is 2.84. The van der Waals surface area contributed by atoms with Gasteiger partial charge in [-0.1, -0.05) is 6.07 Å². The van der Waals surface area contributed by atoms with Crippen LogP contribution in [-0.4, -0.2) is 13.7 Å². The summed E-state index contributed by atoms with van der Waals surface area (Å²) in [5, 5.41) is 3.45. The van der Waals surface area contributed by atoms with Gasteiger partial charge in [-0.05, 0) is 25.0 Å². The van der Waals surface area contributed by atoms with E-state index in [4.69, 9.17) is 4.74 Å². The average molecular weight is 212 g/mol. The first kappa shape index (κ1) is 9.66. The molecule has 76 valence electrons. The monoisotopic (exact) mass is 211 g/mol. The van der Waals surface area contributed by atoms with E-state index in [1.54, 1.807) is 7.11 Å². The highest BCUT2D eigenvalue weighted by atomic mass is 35.5. The van der Waals surface area contributed by atoms with Crippen molar-refractivity contribution in [3.05, 3.63) is 23.8 Å². The molecule has 1 aliphatic heterocycles. The first-order chi connectivity index (χ1) is 6.36. The Morgan fingerprint density at radius 2 is 2.14 bits per heavy atom. The van der Waals surface area contributed by atoms with Gasteiger partial charge in [-0.2, -0.15) is 0 Å². The number of methoxy groups -OCH3 is 1. The van der Waals surface area contributed by atoms with Gasteiger partial charge < -0.3 is 10.1 Å². The van der Waals surface area contributed by atoms with Crippen molar-refractivity contribution in [3.8, 4) is 5.75 Å². The Morgan fingerprint density at radius 1 is 1.36 bits per heavy atom. The van der Waals surface area contributed by atoms with E-state index in [-0.39, 0.29) is 12.4 Å². The summed E-state index contributed by atoms with van der Waals surface area (Å²) in [6.07, 6.45) is 2.63. The molecule has 1 aromatic carbocycles. The number of hydrogen-bond donors (Lipinski definition) is 1. The summed E-state index contributed by atoms with van der Waals surface area (Å²) in [5.74, 6) is 1.06. The number of fused-ring (bicyclic) bond motifs is 2. The van der Waals surface area contributed by atoms with Crippen LogP contribution >= 0.6 is 12.4 Å². The molecule has 1 aromatic rings. The van der Waals surface area contributed by atoms with Gasteiger partial charge in [0, 0.05) is 23.2 Å². The molecule has 1 aliphatic carbocycles. The lowest BCUT2D eigenvalue weighted by atomic mass is 9.97. The molecule has 1 fully saturated rings. The third kappa shape index (κ3) is 1.10. The molecule has 0 amide bonds. The minimum absolute atomic E-state index is 0. The lowest BCUT2D eigenvalue weighted by molar-refractivity contribution is 0.407. The van der Waals surface area contributed by atoms with E-state index >= 15 is 0 Å². The van der Waals surface area contributed by atoms with Gasteiger partial charge in [-0.15, -0.1) is 12.4 Å². The Hall–Kier alpha value is -0.890. The van der Waals surface area contributed by atoms with Gasteiger partial charge in [-0.3, -0.25) is 0 Å². The predicted octanol–water partition coefficient (Wildman–Crippen LogP) is 2.57. The molecule has 1 saturated carbocycles. The number of anilines is 1. The molecular weight excluding hydrogens is 198 g/mol. The van der Waals surface area contributed by atoms with Gasteiger partial charge in [0.25, 0.3) is 0 Å². The molecule has 0 unspecified atom stereocenters. The van der Waals surface area contributed by atoms with Crippen LogP contribution in [0.15, 0.2) is 18.2 Å². The summed E-state index contributed by atoms with van der Waals surface area (Å²) in [5.41, 5.74) is 3.12. The van der Waals surface area contributed by atoms with Crippen LogP contribution in [0.1, 0.15) is 18.4 Å². The van der Waals surface area contributed by atoms with Crippen molar-refractivity contribution >= 4 is 18.1 Å². The van der Waals surface area contributed by atoms with Crippen molar-refractivity contribution in [2.75, 3.05) is 19.0 Å². The van der Waals surface area contributed by atoms with Crippen molar-refractivity contribution < 1.29 is 4.74 Å². The minimum Gasteiger partial charge on any atom is -0.496 e. The van der Waals surface area contributed by atoms with E-state index in [9.17, 15) is 0 Å². The molecule has 0 aromatic heterocycles. The van der Waals surface area contributed by atoms with Gasteiger partial charge in [0.05, 0.1) is 7.11 Å². The van der Waals surface area contributed by atoms with Crippen molar-refractivity contribution in [2.45, 2.75) is 18.3 Å². The molecule has 0 atom stereocenters. The van der Waals surface area contributed by atoms with Crippen LogP contribution in [-0.2, 0) is 5.41 Å². The van der Waals surface area contributed by atoms with Crippen LogP contribution in [0.2, 0.25) is 0 Å². The molecule has 2 nitrogen and oxygen atoms in total. The maximum absolute atomic E-state index is 5.39. The van der Waals surface area contributed by atoms with Crippen molar-refractivity contribution in [3.63, 3.8) is 0 Å². The zero-order valence-electron chi connectivity index (χ0n) is 8.17. The summed E-state index contributed by atoms with van der Waals surface area (Å²) in [6, 6.07) is 6.25. The Bertz CT molecular complexity index is 360. The normalized spacial score (nSPS) is 19.5. The number of benzene rings is 1. The van der Waals surface area contributed by atoms with Crippen LogP contribution in [0.25, 0.3) is 0 Å². The topological polar surface area (TPSA) is 21.3 Å². The molecule has 1 spiro atoms. The van der Waals surface area contributed by atoms with E-state index in [1.165, 1.54) is 24.1 Å². The lowest BCUT2D eigenvalue weighted by Gasteiger charge is -2.10. The molecule has 3 heteroatoms. The fraction of sp³-hybridized carbons (Fsp3) is 0.455. The standard InChI is InChI=1S/C11H13NO.ClH/c1-13-9-4-2-3-8-10(9)11(5-6-11)7-12-8;/h2-4,12H,5-7H2,1H3;1H. The molecule has 3 rings (SSSR count). The number of ether oxygens (including phenoxy) is 1. The van der Waals surface area contributed by atoms with E-state index < -0.39 is 0 Å². The third-order valence-electron chi connectivity index (χ3n) is 3.25. The Kier molecular flexibility index (Phi) is 2.11. The second-order valence-electron chi connectivity index (χ2n) is 4.02. The highest BCUT2D eigenvalue weighted by molar-refractivity contribution is 5.85. The van der Waals surface area contributed by atoms with E-state index in [0.29, 0.717) is 5.41 Å². The third-order valence-corrected chi connectivity index (χ3v) is 3.25. The quantitative estimate of drug-likeness (QED) is 0.771. The zero-order valence-corrected chi connectivity index (χ0v) is 8.99. The van der Waals surface area contributed by atoms with Crippen molar-refractivity contribution in [1.29, 1.82) is 0 Å². The van der Waals surface area contributed by atoms with Gasteiger partial charge >= 0.3 is 0 Å². The summed E-state index contributed by atoms with van der Waals surface area (Å²) in [7, 11) is 1.75. The Labute approximate surface area is 90.1 Å². The van der Waals surface area contributed by atoms with E-state index in [0.717, 1.165) is 12.3 Å². The fourth-order valence-electron chi connectivity index (χ4n) is 2.33. The van der Waals surface area contributed by atoms with E-state index in [2.05, 4.69) is 17.4 Å². The molecule has 0 saturated heterocycles. The maximum atomic E-state index is 5.39. The number of rotatable bonds is 1. The van der Waals surface area contributed by atoms with Crippen LogP contribution in [0.5, 0.6) is 5.75 Å². The van der Waals surface area contributed by atoms with Gasteiger partial charge in [-0.25, -0.2) is 0 Å². The highest BCUT2D eigenvalue weighted by Gasteiger charge is 2.50. The summed E-state index contributed by atoms with van der Waals surface area (Å²) in [4.78, 5) is 0. The zero-order chi connectivity index (χ0) is 8.89. The van der Waals surface area contributed by atoms with E-state index in [1.807, 2.05) is 6.07 Å². The van der Waals surface area contributed by atoms with Crippen LogP contribution in [0.3, 0.4) is 0 Å². The molecule has 14 heavy (non-hydrogen) atoms. The Balaban J connectivity index is 0.000000750. The maximum Gasteiger partial charge on any atom is 0.124 e. The Morgan fingerprint density at radius 3 is 2.79 bits per heavy atom. The second-order valence-corrected chi connectivity index (χ2v) is 4.02. The first-order valence-electron chi connectivity index (χ1n) is 4.77. The van der Waals surface area contributed by atoms with Crippen molar-refractivity contribution in [1.82, 2.24) is 0 Å². The first-order valence-corrected chi connectivity index (χ1v) is 4.77. The number of hydrogen-bond acceptors (Lipinski definition) is 2. The molecule has 0 radical (unpaired) electrons. The largest absolute Gasteiger partial charge is 0.496 e. The van der Waals surface area contributed by atoms with Gasteiger partial charge in [0.2, 0.25) is 0 Å².